The first kappa shape index (κ1) is 20.5. The highest BCUT2D eigenvalue weighted by molar-refractivity contribution is 7.80. The number of aromatic nitrogens is 2. The molecule has 0 fully saturated rings. The van der Waals surface area contributed by atoms with E-state index in [1.54, 1.807) is 21.3 Å². The van der Waals surface area contributed by atoms with E-state index in [4.69, 9.17) is 12.2 Å². The van der Waals surface area contributed by atoms with Gasteiger partial charge in [-0.15, -0.1) is 0 Å². The van der Waals surface area contributed by atoms with Gasteiger partial charge in [0.05, 0.1) is 16.7 Å². The number of hydrogen-bond donors (Lipinski definition) is 3. The van der Waals surface area contributed by atoms with Gasteiger partial charge >= 0.3 is 5.69 Å². The number of halogens is 1. The fraction of sp³-hybridized carbons (Fsp3) is 0.250. The van der Waals surface area contributed by atoms with Crippen LogP contribution in [0.4, 0.5) is 10.1 Å². The van der Waals surface area contributed by atoms with Crippen LogP contribution in [0.15, 0.2) is 53.3 Å². The normalized spacial score (nSPS) is 10.7. The van der Waals surface area contributed by atoms with Crippen LogP contribution in [0.25, 0.3) is 11.0 Å². The molecule has 152 valence electrons. The zero-order valence-electron chi connectivity index (χ0n) is 15.9. The van der Waals surface area contributed by atoms with Gasteiger partial charge < -0.3 is 5.32 Å². The number of hydrogen-bond acceptors (Lipinski definition) is 3. The van der Waals surface area contributed by atoms with Crippen LogP contribution < -0.4 is 21.9 Å². The molecule has 7 nitrogen and oxygen atoms in total. The van der Waals surface area contributed by atoms with Crippen molar-refractivity contribution < 1.29 is 9.18 Å². The van der Waals surface area contributed by atoms with E-state index in [0.717, 1.165) is 17.5 Å². The van der Waals surface area contributed by atoms with Crippen LogP contribution in [0.5, 0.6) is 0 Å². The Balaban J connectivity index is 1.58. The number of para-hydroxylation sites is 3. The van der Waals surface area contributed by atoms with Crippen molar-refractivity contribution in [2.45, 2.75) is 32.9 Å². The van der Waals surface area contributed by atoms with E-state index in [0.29, 0.717) is 6.54 Å². The van der Waals surface area contributed by atoms with E-state index < -0.39 is 5.82 Å². The van der Waals surface area contributed by atoms with Gasteiger partial charge in [0.1, 0.15) is 5.82 Å². The quantitative estimate of drug-likeness (QED) is 0.426. The predicted molar refractivity (Wildman–Crippen MR) is 115 cm³/mol. The lowest BCUT2D eigenvalue weighted by Gasteiger charge is -2.12. The summed E-state index contributed by atoms with van der Waals surface area (Å²) in [6.45, 7) is 2.86. The highest BCUT2D eigenvalue weighted by Crippen LogP contribution is 2.14. The minimum Gasteiger partial charge on any atom is -0.329 e. The Morgan fingerprint density at radius 1 is 1.00 bits per heavy atom. The van der Waals surface area contributed by atoms with Crippen LogP contribution in [-0.4, -0.2) is 20.2 Å². The molecule has 0 saturated carbocycles. The van der Waals surface area contributed by atoms with E-state index in [9.17, 15) is 14.0 Å². The molecule has 0 unspecified atom stereocenters. The second-order valence-electron chi connectivity index (χ2n) is 6.43. The van der Waals surface area contributed by atoms with E-state index >= 15 is 0 Å². The van der Waals surface area contributed by atoms with Crippen LogP contribution in [-0.2, 0) is 17.9 Å². The Bertz CT molecular complexity index is 1090. The van der Waals surface area contributed by atoms with E-state index in [1.807, 2.05) is 31.2 Å². The summed E-state index contributed by atoms with van der Waals surface area (Å²) in [5.41, 5.74) is 6.71. The van der Waals surface area contributed by atoms with Crippen molar-refractivity contribution in [2.24, 2.45) is 0 Å². The topological polar surface area (TPSA) is 80.1 Å². The van der Waals surface area contributed by atoms with Gasteiger partial charge in [-0.1, -0.05) is 31.2 Å². The summed E-state index contributed by atoms with van der Waals surface area (Å²) in [7, 11) is 0. The number of carbonyl (C=O) groups excluding carboxylic acids is 1. The summed E-state index contributed by atoms with van der Waals surface area (Å²) in [6, 6.07) is 13.6. The fourth-order valence-electron chi connectivity index (χ4n) is 3.05. The number of imidazole rings is 1. The molecule has 0 aliphatic rings. The van der Waals surface area contributed by atoms with Crippen molar-refractivity contribution in [1.29, 1.82) is 0 Å². The van der Waals surface area contributed by atoms with Gasteiger partial charge in [0.25, 0.3) is 0 Å². The smallest absolute Gasteiger partial charge is 0.329 e. The maximum Gasteiger partial charge on any atom is 0.329 e. The summed E-state index contributed by atoms with van der Waals surface area (Å²) in [6.07, 6.45) is 0.917. The predicted octanol–water partition coefficient (Wildman–Crippen LogP) is 2.76. The molecule has 9 heteroatoms. The second-order valence-corrected chi connectivity index (χ2v) is 6.84. The lowest BCUT2D eigenvalue weighted by atomic mass is 10.3. The zero-order chi connectivity index (χ0) is 20.8. The average molecular weight is 415 g/mol. The van der Waals surface area contributed by atoms with Crippen LogP contribution in [0.1, 0.15) is 19.8 Å². The standard InChI is InChI=1S/C20H22FN5O2S/c1-2-12-25-16-9-5-6-10-17(16)26(20(25)28)13-11-18(27)23-24-19(29)22-15-8-4-3-7-14(15)21/h3-10H,2,11-13H2,1H3,(H,23,27)(H2,22,24,29). The number of anilines is 1. The molecule has 29 heavy (non-hydrogen) atoms. The number of amides is 1. The monoisotopic (exact) mass is 415 g/mol. The van der Waals surface area contributed by atoms with Gasteiger partial charge in [0, 0.05) is 19.5 Å². The number of benzene rings is 2. The summed E-state index contributed by atoms with van der Waals surface area (Å²) in [5, 5.41) is 2.72. The second kappa shape index (κ2) is 9.33. The molecule has 0 aliphatic heterocycles. The van der Waals surface area contributed by atoms with E-state index in [-0.39, 0.29) is 35.4 Å². The summed E-state index contributed by atoms with van der Waals surface area (Å²) in [4.78, 5) is 24.9. The lowest BCUT2D eigenvalue weighted by Crippen LogP contribution is -2.44. The minimum absolute atomic E-state index is 0.0557. The maximum atomic E-state index is 13.6. The van der Waals surface area contributed by atoms with Gasteiger partial charge in [-0.2, -0.15) is 0 Å². The molecule has 1 aromatic heterocycles. The first-order chi connectivity index (χ1) is 14.0. The van der Waals surface area contributed by atoms with Crippen LogP contribution in [0, 0.1) is 5.82 Å². The first-order valence-electron chi connectivity index (χ1n) is 9.29. The van der Waals surface area contributed by atoms with Crippen LogP contribution in [0.3, 0.4) is 0 Å². The van der Waals surface area contributed by atoms with Crippen molar-refractivity contribution in [3.63, 3.8) is 0 Å². The molecule has 3 N–H and O–H groups in total. The first-order valence-corrected chi connectivity index (χ1v) is 9.70. The summed E-state index contributed by atoms with van der Waals surface area (Å²) in [5.74, 6) is -0.798. The molecule has 3 rings (SSSR count). The van der Waals surface area contributed by atoms with Gasteiger partial charge in [-0.05, 0) is 42.9 Å². The molecule has 0 spiro atoms. The minimum atomic E-state index is -0.453. The lowest BCUT2D eigenvalue weighted by molar-refractivity contribution is -0.121. The molecular formula is C20H22FN5O2S. The van der Waals surface area contributed by atoms with Crippen molar-refractivity contribution >= 4 is 40.0 Å². The number of rotatable bonds is 6. The highest BCUT2D eigenvalue weighted by Gasteiger charge is 2.13. The third-order valence-electron chi connectivity index (χ3n) is 4.37. The molecule has 2 aromatic carbocycles. The molecule has 0 saturated heterocycles. The molecule has 3 aromatic rings. The van der Waals surface area contributed by atoms with E-state index in [1.165, 1.54) is 12.1 Å². The third-order valence-corrected chi connectivity index (χ3v) is 4.58. The van der Waals surface area contributed by atoms with Crippen molar-refractivity contribution in [3.05, 3.63) is 64.8 Å². The van der Waals surface area contributed by atoms with Gasteiger partial charge in [0.15, 0.2) is 5.11 Å². The Labute approximate surface area is 172 Å². The fourth-order valence-corrected chi connectivity index (χ4v) is 3.21. The molecule has 1 heterocycles. The average Bonchev–Trinajstić information content (AvgIpc) is 2.98. The number of aryl methyl sites for hydroxylation is 2. The van der Waals surface area contributed by atoms with E-state index in [2.05, 4.69) is 16.2 Å². The number of carbonyl (C=O) groups is 1. The number of thiocarbonyl (C=S) groups is 1. The van der Waals surface area contributed by atoms with Crippen molar-refractivity contribution in [1.82, 2.24) is 20.0 Å². The number of fused-ring (bicyclic) bond motifs is 1. The van der Waals surface area contributed by atoms with Crippen LogP contribution >= 0.6 is 12.2 Å². The molecular weight excluding hydrogens is 393 g/mol. The molecule has 0 bridgehead atoms. The Morgan fingerprint density at radius 3 is 2.28 bits per heavy atom. The number of nitrogens with one attached hydrogen (secondary N) is 3. The summed E-state index contributed by atoms with van der Waals surface area (Å²) >= 11 is 5.05. The van der Waals surface area contributed by atoms with Gasteiger partial charge in [-0.3, -0.25) is 24.8 Å². The van der Waals surface area contributed by atoms with Crippen molar-refractivity contribution in [2.75, 3.05) is 5.32 Å². The third kappa shape index (κ3) is 4.80. The Hall–Kier alpha value is -3.20. The van der Waals surface area contributed by atoms with Crippen LogP contribution in [0.2, 0.25) is 0 Å². The number of nitrogens with zero attached hydrogens (tertiary/aromatic N) is 2. The molecule has 0 radical (unpaired) electrons. The van der Waals surface area contributed by atoms with Gasteiger partial charge in [-0.25, -0.2) is 9.18 Å². The summed E-state index contributed by atoms with van der Waals surface area (Å²) < 4.78 is 16.9. The number of hydrazine groups is 1. The van der Waals surface area contributed by atoms with Gasteiger partial charge in [0.2, 0.25) is 5.91 Å². The highest BCUT2D eigenvalue weighted by atomic mass is 32.1. The SMILES string of the molecule is CCCn1c(=O)n(CCC(=O)NNC(=S)Nc2ccccc2F)c2ccccc21. The zero-order valence-corrected chi connectivity index (χ0v) is 16.8. The Kier molecular flexibility index (Phi) is 6.61. The molecule has 1 amide bonds. The van der Waals surface area contributed by atoms with Crippen molar-refractivity contribution in [3.8, 4) is 0 Å². The largest absolute Gasteiger partial charge is 0.329 e. The molecule has 0 atom stereocenters. The Morgan fingerprint density at radius 2 is 1.62 bits per heavy atom. The molecule has 0 aliphatic carbocycles. The maximum absolute atomic E-state index is 13.6.